The minimum absolute atomic E-state index is 0.135. The summed E-state index contributed by atoms with van der Waals surface area (Å²) in [7, 11) is 3.16. The van der Waals surface area contributed by atoms with E-state index in [2.05, 4.69) is 20.1 Å². The highest BCUT2D eigenvalue weighted by molar-refractivity contribution is 6.39. The average molecular weight is 748 g/mol. The number of hydrogen-bond acceptors (Lipinski definition) is 8. The van der Waals surface area contributed by atoms with E-state index in [1.165, 1.54) is 0 Å². The van der Waals surface area contributed by atoms with Crippen molar-refractivity contribution in [2.24, 2.45) is 5.41 Å². The lowest BCUT2D eigenvalue weighted by Gasteiger charge is -2.60. The Hall–Kier alpha value is -4.29. The first-order valence-corrected chi connectivity index (χ1v) is 18.1. The molecule has 7 rings (SSSR count). The van der Waals surface area contributed by atoms with Gasteiger partial charge in [0.05, 0.1) is 35.6 Å². The van der Waals surface area contributed by atoms with Crippen LogP contribution in [0.5, 0.6) is 11.6 Å². The van der Waals surface area contributed by atoms with E-state index in [4.69, 9.17) is 37.7 Å². The number of hydrogen-bond donors (Lipinski definition) is 1. The standard InChI is InChI=1S/C39H41Cl2FN6O4/c1-24(49)48-22-39(23-48)20-47(21-39)18-25-10-11-31(45-38(25)52-3)30-8-4-6-28(35(30)40)29-7-5-9-32(36(29)41)44-37(50)33-16-34(51-2)26(17-43-33)19-46-14-12-27(42)13-15-46/h4-11,16-17,27H,12-15,18-23H2,1-3H3,(H,44,50). The number of likely N-dealkylation sites (tertiary alicyclic amines) is 3. The zero-order valence-electron chi connectivity index (χ0n) is 29.4. The zero-order valence-corrected chi connectivity index (χ0v) is 30.9. The van der Waals surface area contributed by atoms with Gasteiger partial charge in [-0.05, 0) is 25.0 Å². The van der Waals surface area contributed by atoms with E-state index < -0.39 is 12.1 Å². The second kappa shape index (κ2) is 15.0. The third-order valence-corrected chi connectivity index (χ3v) is 11.1. The van der Waals surface area contributed by atoms with Gasteiger partial charge in [-0.1, -0.05) is 59.6 Å². The Kier molecular flexibility index (Phi) is 10.4. The van der Waals surface area contributed by atoms with Crippen LogP contribution in [-0.4, -0.2) is 96.1 Å². The number of rotatable bonds is 10. The number of nitrogens with one attached hydrogen (secondary N) is 1. The lowest BCUT2D eigenvalue weighted by molar-refractivity contribution is -0.157. The van der Waals surface area contributed by atoms with E-state index >= 15 is 0 Å². The molecule has 1 spiro atoms. The summed E-state index contributed by atoms with van der Waals surface area (Å²) < 4.78 is 24.9. The van der Waals surface area contributed by atoms with Crippen LogP contribution in [0.15, 0.2) is 60.8 Å². The largest absolute Gasteiger partial charge is 0.496 e. The molecule has 0 saturated carbocycles. The highest BCUT2D eigenvalue weighted by Gasteiger charge is 2.52. The smallest absolute Gasteiger partial charge is 0.274 e. The fourth-order valence-electron chi connectivity index (χ4n) is 7.52. The molecule has 3 aliphatic heterocycles. The minimum Gasteiger partial charge on any atom is -0.496 e. The molecule has 2 amide bonds. The number of amides is 2. The molecule has 0 aliphatic carbocycles. The fraction of sp³-hybridized carbons (Fsp3) is 0.385. The van der Waals surface area contributed by atoms with Crippen LogP contribution in [0.2, 0.25) is 10.0 Å². The molecular weight excluding hydrogens is 706 g/mol. The molecule has 3 saturated heterocycles. The molecular formula is C39H41Cl2FN6O4. The number of carbonyl (C=O) groups is 2. The van der Waals surface area contributed by atoms with Crippen LogP contribution < -0.4 is 14.8 Å². The maximum absolute atomic E-state index is 13.6. The third kappa shape index (κ3) is 7.32. The van der Waals surface area contributed by atoms with Crippen LogP contribution in [0, 0.1) is 5.41 Å². The quantitative estimate of drug-likeness (QED) is 0.186. The van der Waals surface area contributed by atoms with Gasteiger partial charge in [0.15, 0.2) is 0 Å². The van der Waals surface area contributed by atoms with Crippen LogP contribution >= 0.6 is 23.2 Å². The van der Waals surface area contributed by atoms with Gasteiger partial charge < -0.3 is 19.7 Å². The van der Waals surface area contributed by atoms with Crippen molar-refractivity contribution in [2.45, 2.75) is 39.0 Å². The average Bonchev–Trinajstić information content (AvgIpc) is 3.11. The van der Waals surface area contributed by atoms with Gasteiger partial charge in [0.1, 0.15) is 17.6 Å². The Labute approximate surface area is 312 Å². The molecule has 0 unspecified atom stereocenters. The number of piperidine rings is 1. The number of carbonyl (C=O) groups excluding carboxylic acids is 2. The van der Waals surface area contributed by atoms with Crippen molar-refractivity contribution in [1.82, 2.24) is 24.7 Å². The number of benzene rings is 2. The molecule has 2 aromatic heterocycles. The molecule has 3 aliphatic rings. The summed E-state index contributed by atoms with van der Waals surface area (Å²) in [6.07, 6.45) is 1.90. The van der Waals surface area contributed by atoms with Gasteiger partial charge in [-0.25, -0.2) is 9.37 Å². The van der Waals surface area contributed by atoms with Gasteiger partial charge >= 0.3 is 0 Å². The van der Waals surface area contributed by atoms with E-state index in [0.29, 0.717) is 88.8 Å². The number of methoxy groups -OCH3 is 2. The van der Waals surface area contributed by atoms with E-state index in [0.717, 1.165) is 37.3 Å². The Morgan fingerprint density at radius 2 is 1.56 bits per heavy atom. The maximum atomic E-state index is 13.6. The van der Waals surface area contributed by atoms with E-state index in [9.17, 15) is 14.0 Å². The molecule has 10 nitrogen and oxygen atoms in total. The molecule has 272 valence electrons. The summed E-state index contributed by atoms with van der Waals surface area (Å²) >= 11 is 14.0. The SMILES string of the molecule is COc1cc(C(=O)Nc2cccc(-c3cccc(-c4ccc(CN5CC6(C5)CN(C(C)=O)C6)c(OC)n4)c3Cl)c2Cl)ncc1CN1CCC(F)CC1. The van der Waals surface area contributed by atoms with Crippen LogP contribution in [0.3, 0.4) is 0 Å². The second-order valence-corrected chi connectivity index (χ2v) is 14.8. The fourth-order valence-corrected chi connectivity index (χ4v) is 8.12. The molecule has 2 aromatic carbocycles. The summed E-state index contributed by atoms with van der Waals surface area (Å²) in [6, 6.07) is 16.6. The van der Waals surface area contributed by atoms with Crippen molar-refractivity contribution < 1.29 is 23.5 Å². The molecule has 1 N–H and O–H groups in total. The third-order valence-electron chi connectivity index (χ3n) is 10.3. The monoisotopic (exact) mass is 746 g/mol. The number of ether oxygens (including phenoxy) is 2. The van der Waals surface area contributed by atoms with E-state index in [-0.39, 0.29) is 17.0 Å². The van der Waals surface area contributed by atoms with Crippen LogP contribution in [-0.2, 0) is 17.9 Å². The van der Waals surface area contributed by atoms with Crippen molar-refractivity contribution in [3.05, 3.63) is 87.7 Å². The molecule has 3 fully saturated rings. The maximum Gasteiger partial charge on any atom is 0.274 e. The van der Waals surface area contributed by atoms with Gasteiger partial charge in [0.2, 0.25) is 11.8 Å². The highest BCUT2D eigenvalue weighted by Crippen LogP contribution is 2.43. The Balaban J connectivity index is 1.05. The summed E-state index contributed by atoms with van der Waals surface area (Å²) in [5.41, 5.74) is 5.27. The van der Waals surface area contributed by atoms with Gasteiger partial charge in [-0.15, -0.1) is 0 Å². The topological polar surface area (TPSA) is 100 Å². The Morgan fingerprint density at radius 3 is 2.25 bits per heavy atom. The molecule has 4 aromatic rings. The van der Waals surface area contributed by atoms with Gasteiger partial charge in [0.25, 0.3) is 5.91 Å². The van der Waals surface area contributed by atoms with Crippen molar-refractivity contribution >= 4 is 40.7 Å². The molecule has 5 heterocycles. The summed E-state index contributed by atoms with van der Waals surface area (Å²) in [6.45, 7) is 7.74. The van der Waals surface area contributed by atoms with Crippen molar-refractivity contribution in [1.29, 1.82) is 0 Å². The number of alkyl halides is 1. The first kappa shape index (κ1) is 36.1. The minimum atomic E-state index is -0.754. The van der Waals surface area contributed by atoms with Crippen molar-refractivity contribution in [2.75, 3.05) is 58.8 Å². The van der Waals surface area contributed by atoms with Crippen LogP contribution in [0.1, 0.15) is 41.4 Å². The van der Waals surface area contributed by atoms with Crippen LogP contribution in [0.25, 0.3) is 22.4 Å². The molecule has 52 heavy (non-hydrogen) atoms. The number of aromatic nitrogens is 2. The summed E-state index contributed by atoms with van der Waals surface area (Å²) in [5, 5.41) is 3.67. The van der Waals surface area contributed by atoms with Gasteiger partial charge in [-0.3, -0.25) is 24.4 Å². The lowest BCUT2D eigenvalue weighted by atomic mass is 9.72. The zero-order chi connectivity index (χ0) is 36.6. The van der Waals surface area contributed by atoms with Gasteiger partial charge in [0, 0.05) is 105 Å². The van der Waals surface area contributed by atoms with Crippen molar-refractivity contribution in [3.8, 4) is 34.0 Å². The predicted molar refractivity (Wildman–Crippen MR) is 200 cm³/mol. The number of nitrogens with zero attached hydrogens (tertiary/aromatic N) is 5. The normalized spacial score (nSPS) is 17.4. The summed E-state index contributed by atoms with van der Waals surface area (Å²) in [4.78, 5) is 40.7. The predicted octanol–water partition coefficient (Wildman–Crippen LogP) is 6.98. The first-order valence-electron chi connectivity index (χ1n) is 17.4. The second-order valence-electron chi connectivity index (χ2n) is 14.0. The Morgan fingerprint density at radius 1 is 0.885 bits per heavy atom. The molecule has 0 bridgehead atoms. The molecule has 0 atom stereocenters. The van der Waals surface area contributed by atoms with E-state index in [1.807, 2.05) is 41.3 Å². The van der Waals surface area contributed by atoms with E-state index in [1.54, 1.807) is 45.5 Å². The number of anilines is 1. The molecule has 0 radical (unpaired) electrons. The molecule has 13 heteroatoms. The van der Waals surface area contributed by atoms with Crippen LogP contribution in [0.4, 0.5) is 10.1 Å². The number of halogens is 3. The first-order chi connectivity index (χ1) is 25.1. The Bertz CT molecular complexity index is 1990. The lowest BCUT2D eigenvalue weighted by Crippen LogP contribution is -2.72. The number of pyridine rings is 2. The summed E-state index contributed by atoms with van der Waals surface area (Å²) in [5.74, 6) is 0.753. The van der Waals surface area contributed by atoms with Crippen molar-refractivity contribution in [3.63, 3.8) is 0 Å². The highest BCUT2D eigenvalue weighted by atomic mass is 35.5. The van der Waals surface area contributed by atoms with Gasteiger partial charge in [-0.2, -0.15) is 0 Å².